The van der Waals surface area contributed by atoms with E-state index in [0.717, 1.165) is 56.2 Å². The van der Waals surface area contributed by atoms with Gasteiger partial charge in [-0.2, -0.15) is 0 Å². The van der Waals surface area contributed by atoms with Crippen molar-refractivity contribution in [1.29, 1.82) is 0 Å². The molecule has 1 amide bonds. The molecule has 1 unspecified atom stereocenters. The highest BCUT2D eigenvalue weighted by atomic mass is 16.1. The summed E-state index contributed by atoms with van der Waals surface area (Å²) in [6.07, 6.45) is 5.90. The molecular formula is C17H23N3O. The Morgan fingerprint density at radius 1 is 1.29 bits per heavy atom. The molecule has 1 aromatic rings. The summed E-state index contributed by atoms with van der Waals surface area (Å²) in [4.78, 5) is 15.1. The van der Waals surface area contributed by atoms with Gasteiger partial charge in [0, 0.05) is 43.0 Å². The lowest BCUT2D eigenvalue weighted by atomic mass is 9.97. The molecule has 0 radical (unpaired) electrons. The maximum Gasteiger partial charge on any atom is 0.251 e. The number of nitrogens with one attached hydrogen (secondary N) is 2. The lowest BCUT2D eigenvalue weighted by molar-refractivity contribution is 0.0936. The Morgan fingerprint density at radius 3 is 3.05 bits per heavy atom. The average Bonchev–Trinajstić information content (AvgIpc) is 3.27. The average molecular weight is 285 g/mol. The molecule has 4 nitrogen and oxygen atoms in total. The molecular weight excluding hydrogens is 262 g/mol. The fourth-order valence-electron chi connectivity index (χ4n) is 3.66. The van der Waals surface area contributed by atoms with Crippen LogP contribution in [0.3, 0.4) is 0 Å². The summed E-state index contributed by atoms with van der Waals surface area (Å²) in [6, 6.07) is 7.16. The van der Waals surface area contributed by atoms with Gasteiger partial charge in [-0.25, -0.2) is 0 Å². The van der Waals surface area contributed by atoms with Gasteiger partial charge < -0.3 is 10.6 Å². The standard InChI is InChI=1S/C17H23N3O/c21-17(19-12-8-10-20(11-12)13-6-7-13)15-3-1-5-16-14(15)4-2-9-18-16/h1,3,5,12-13,18H,2,4,6-11H2,(H,19,21). The van der Waals surface area contributed by atoms with Crippen LogP contribution < -0.4 is 10.6 Å². The summed E-state index contributed by atoms with van der Waals surface area (Å²) in [5, 5.41) is 6.64. The van der Waals surface area contributed by atoms with Crippen LogP contribution in [0, 0.1) is 0 Å². The lowest BCUT2D eigenvalue weighted by Crippen LogP contribution is -2.38. The van der Waals surface area contributed by atoms with Crippen LogP contribution in [-0.4, -0.2) is 42.5 Å². The van der Waals surface area contributed by atoms with E-state index < -0.39 is 0 Å². The summed E-state index contributed by atoms with van der Waals surface area (Å²) in [6.45, 7) is 3.19. The van der Waals surface area contributed by atoms with Crippen molar-refractivity contribution in [2.45, 2.75) is 44.2 Å². The third-order valence-electron chi connectivity index (χ3n) is 4.96. The largest absolute Gasteiger partial charge is 0.385 e. The Labute approximate surface area is 125 Å². The number of benzene rings is 1. The van der Waals surface area contributed by atoms with Crippen molar-refractivity contribution < 1.29 is 4.79 Å². The quantitative estimate of drug-likeness (QED) is 0.893. The first-order valence-corrected chi connectivity index (χ1v) is 8.22. The maximum absolute atomic E-state index is 12.6. The normalized spacial score (nSPS) is 25.2. The zero-order valence-electron chi connectivity index (χ0n) is 12.4. The highest BCUT2D eigenvalue weighted by Gasteiger charge is 2.35. The molecule has 1 saturated heterocycles. The second-order valence-corrected chi connectivity index (χ2v) is 6.55. The Bertz CT molecular complexity index is 553. The van der Waals surface area contributed by atoms with Crippen molar-refractivity contribution >= 4 is 11.6 Å². The number of likely N-dealkylation sites (tertiary alicyclic amines) is 1. The zero-order valence-corrected chi connectivity index (χ0v) is 12.4. The van der Waals surface area contributed by atoms with Gasteiger partial charge in [0.2, 0.25) is 0 Å². The van der Waals surface area contributed by atoms with Crippen LogP contribution in [0.4, 0.5) is 5.69 Å². The molecule has 2 N–H and O–H groups in total. The van der Waals surface area contributed by atoms with E-state index in [2.05, 4.69) is 21.6 Å². The summed E-state index contributed by atoms with van der Waals surface area (Å²) < 4.78 is 0. The maximum atomic E-state index is 12.6. The van der Waals surface area contributed by atoms with Crippen LogP contribution >= 0.6 is 0 Å². The predicted molar refractivity (Wildman–Crippen MR) is 83.7 cm³/mol. The molecule has 0 aromatic heterocycles. The molecule has 1 aliphatic carbocycles. The summed E-state index contributed by atoms with van der Waals surface area (Å²) in [7, 11) is 0. The van der Waals surface area contributed by atoms with E-state index in [1.807, 2.05) is 12.1 Å². The first kappa shape index (κ1) is 13.1. The van der Waals surface area contributed by atoms with Gasteiger partial charge in [0.1, 0.15) is 0 Å². The van der Waals surface area contributed by atoms with Gasteiger partial charge in [-0.05, 0) is 49.8 Å². The van der Waals surface area contributed by atoms with E-state index in [0.29, 0.717) is 6.04 Å². The zero-order chi connectivity index (χ0) is 14.2. The van der Waals surface area contributed by atoms with Crippen molar-refractivity contribution in [3.8, 4) is 0 Å². The summed E-state index contributed by atoms with van der Waals surface area (Å²) >= 11 is 0. The Kier molecular flexibility index (Phi) is 3.34. The second-order valence-electron chi connectivity index (χ2n) is 6.55. The van der Waals surface area contributed by atoms with Crippen LogP contribution in [-0.2, 0) is 6.42 Å². The van der Waals surface area contributed by atoms with Crippen LogP contribution in [0.1, 0.15) is 41.6 Å². The Hall–Kier alpha value is -1.55. The molecule has 1 aromatic carbocycles. The van der Waals surface area contributed by atoms with Gasteiger partial charge in [0.25, 0.3) is 5.91 Å². The van der Waals surface area contributed by atoms with Crippen molar-refractivity contribution in [3.05, 3.63) is 29.3 Å². The SMILES string of the molecule is O=C(NC1CCN(C2CC2)C1)c1cccc2c1CCCN2. The summed E-state index contributed by atoms with van der Waals surface area (Å²) in [5.74, 6) is 0.109. The number of carbonyl (C=O) groups excluding carboxylic acids is 1. The first-order valence-electron chi connectivity index (χ1n) is 8.22. The first-order chi connectivity index (χ1) is 10.3. The molecule has 1 atom stereocenters. The van der Waals surface area contributed by atoms with Gasteiger partial charge in [-0.3, -0.25) is 9.69 Å². The van der Waals surface area contributed by atoms with E-state index in [4.69, 9.17) is 0 Å². The third-order valence-corrected chi connectivity index (χ3v) is 4.96. The highest BCUT2D eigenvalue weighted by molar-refractivity contribution is 5.97. The second kappa shape index (κ2) is 5.34. The molecule has 1 saturated carbocycles. The fraction of sp³-hybridized carbons (Fsp3) is 0.588. The van der Waals surface area contributed by atoms with Gasteiger partial charge in [0.15, 0.2) is 0 Å². The fourth-order valence-corrected chi connectivity index (χ4v) is 3.66. The van der Waals surface area contributed by atoms with E-state index in [9.17, 15) is 4.79 Å². The number of nitrogens with zero attached hydrogens (tertiary/aromatic N) is 1. The van der Waals surface area contributed by atoms with E-state index in [1.165, 1.54) is 18.4 Å². The molecule has 112 valence electrons. The third kappa shape index (κ3) is 2.64. The highest BCUT2D eigenvalue weighted by Crippen LogP contribution is 2.30. The van der Waals surface area contributed by atoms with Gasteiger partial charge in [-0.1, -0.05) is 6.07 Å². The molecule has 0 spiro atoms. The number of amides is 1. The number of rotatable bonds is 3. The van der Waals surface area contributed by atoms with Crippen molar-refractivity contribution in [2.24, 2.45) is 0 Å². The smallest absolute Gasteiger partial charge is 0.251 e. The molecule has 0 bridgehead atoms. The molecule has 3 aliphatic rings. The number of anilines is 1. The van der Waals surface area contributed by atoms with E-state index in [-0.39, 0.29) is 5.91 Å². The number of hydrogen-bond acceptors (Lipinski definition) is 3. The Balaban J connectivity index is 1.45. The summed E-state index contributed by atoms with van der Waals surface area (Å²) in [5.41, 5.74) is 3.20. The van der Waals surface area contributed by atoms with Gasteiger partial charge >= 0.3 is 0 Å². The van der Waals surface area contributed by atoms with Crippen LogP contribution in [0.15, 0.2) is 18.2 Å². The topological polar surface area (TPSA) is 44.4 Å². The number of hydrogen-bond donors (Lipinski definition) is 2. The Morgan fingerprint density at radius 2 is 2.19 bits per heavy atom. The van der Waals surface area contributed by atoms with Crippen molar-refractivity contribution in [3.63, 3.8) is 0 Å². The monoisotopic (exact) mass is 285 g/mol. The predicted octanol–water partition coefficient (Wildman–Crippen LogP) is 2.01. The molecule has 2 fully saturated rings. The van der Waals surface area contributed by atoms with Crippen molar-refractivity contribution in [2.75, 3.05) is 25.0 Å². The van der Waals surface area contributed by atoms with E-state index >= 15 is 0 Å². The van der Waals surface area contributed by atoms with Gasteiger partial charge in [-0.15, -0.1) is 0 Å². The molecule has 2 heterocycles. The van der Waals surface area contributed by atoms with Gasteiger partial charge in [0.05, 0.1) is 0 Å². The van der Waals surface area contributed by atoms with Crippen LogP contribution in [0.5, 0.6) is 0 Å². The van der Waals surface area contributed by atoms with Crippen LogP contribution in [0.2, 0.25) is 0 Å². The molecule has 4 rings (SSSR count). The van der Waals surface area contributed by atoms with E-state index in [1.54, 1.807) is 0 Å². The minimum Gasteiger partial charge on any atom is -0.385 e. The van der Waals surface area contributed by atoms with Crippen LogP contribution in [0.25, 0.3) is 0 Å². The molecule has 21 heavy (non-hydrogen) atoms. The molecule has 2 aliphatic heterocycles. The number of fused-ring (bicyclic) bond motifs is 1. The van der Waals surface area contributed by atoms with Crippen molar-refractivity contribution in [1.82, 2.24) is 10.2 Å². The molecule has 4 heteroatoms. The number of carbonyl (C=O) groups is 1. The minimum atomic E-state index is 0.109. The lowest BCUT2D eigenvalue weighted by Gasteiger charge is -2.21. The minimum absolute atomic E-state index is 0.109.